The van der Waals surface area contributed by atoms with Crippen LogP contribution in [0.2, 0.25) is 0 Å². The van der Waals surface area contributed by atoms with Crippen molar-refractivity contribution < 1.29 is 28.5 Å². The molecule has 2 aliphatic carbocycles. The van der Waals surface area contributed by atoms with Gasteiger partial charge in [0, 0.05) is 17.5 Å². The summed E-state index contributed by atoms with van der Waals surface area (Å²) in [5.74, 6) is 2.69. The molecule has 8 rings (SSSR count). The van der Waals surface area contributed by atoms with Gasteiger partial charge in [0.1, 0.15) is 23.9 Å². The Hall–Kier alpha value is -6.54. The lowest BCUT2D eigenvalue weighted by atomic mass is 9.78. The number of methoxy groups -OCH3 is 2. The van der Waals surface area contributed by atoms with Crippen LogP contribution in [0.3, 0.4) is 0 Å². The molecule has 8 heteroatoms. The summed E-state index contributed by atoms with van der Waals surface area (Å²) < 4.78 is 23.3. The summed E-state index contributed by atoms with van der Waals surface area (Å²) in [4.78, 5) is 27.3. The van der Waals surface area contributed by atoms with E-state index in [1.54, 1.807) is 32.4 Å². The molecule has 0 radical (unpaired) electrons. The van der Waals surface area contributed by atoms with Gasteiger partial charge in [-0.05, 0) is 100 Å². The van der Waals surface area contributed by atoms with E-state index < -0.39 is 12.1 Å². The first kappa shape index (κ1) is 41.2. The van der Waals surface area contributed by atoms with Gasteiger partial charge in [-0.25, -0.2) is 4.79 Å². The van der Waals surface area contributed by atoms with Gasteiger partial charge in [0.25, 0.3) is 5.91 Å². The lowest BCUT2D eigenvalue weighted by Crippen LogP contribution is -2.33. The minimum Gasteiger partial charge on any atom is -0.497 e. The summed E-state index contributed by atoms with van der Waals surface area (Å²) in [6.45, 7) is 4.41. The van der Waals surface area contributed by atoms with Crippen molar-refractivity contribution in [3.8, 4) is 28.4 Å². The van der Waals surface area contributed by atoms with E-state index in [4.69, 9.17) is 18.9 Å². The second kappa shape index (κ2) is 18.8. The zero-order valence-corrected chi connectivity index (χ0v) is 35.4. The van der Waals surface area contributed by atoms with Gasteiger partial charge in [-0.15, -0.1) is 0 Å². The van der Waals surface area contributed by atoms with Crippen molar-refractivity contribution in [1.82, 2.24) is 10.6 Å². The molecule has 312 valence electrons. The molecule has 2 amide bonds. The lowest BCUT2D eigenvalue weighted by Gasteiger charge is -2.27. The molecule has 2 N–H and O–H groups in total. The minimum absolute atomic E-state index is 0.0799. The van der Waals surface area contributed by atoms with Crippen molar-refractivity contribution in [2.45, 2.75) is 63.5 Å². The van der Waals surface area contributed by atoms with Crippen LogP contribution in [0, 0.1) is 12.8 Å². The highest BCUT2D eigenvalue weighted by Gasteiger charge is 2.30. The van der Waals surface area contributed by atoms with Crippen LogP contribution in [-0.4, -0.2) is 39.4 Å². The third kappa shape index (κ3) is 9.44. The van der Waals surface area contributed by atoms with Gasteiger partial charge in [-0.2, -0.15) is 0 Å². The number of ether oxygens (including phenoxy) is 4. The number of hydrogen-bond donors (Lipinski definition) is 2. The molecule has 8 nitrogen and oxygen atoms in total. The highest BCUT2D eigenvalue weighted by atomic mass is 16.5. The predicted octanol–water partition coefficient (Wildman–Crippen LogP) is 11.2. The van der Waals surface area contributed by atoms with Crippen molar-refractivity contribution in [3.63, 3.8) is 0 Å². The topological polar surface area (TPSA) is 95.1 Å². The maximum Gasteiger partial charge on any atom is 0.407 e. The second-order valence-corrected chi connectivity index (χ2v) is 16.4. The maximum atomic E-state index is 13.7. The summed E-state index contributed by atoms with van der Waals surface area (Å²) in [7, 11) is 3.18. The number of carbonyl (C=O) groups excluding carboxylic acids is 2. The van der Waals surface area contributed by atoms with Crippen LogP contribution >= 0.6 is 0 Å². The predicted molar refractivity (Wildman–Crippen MR) is 240 cm³/mol. The molecule has 4 atom stereocenters. The van der Waals surface area contributed by atoms with Gasteiger partial charge in [0.05, 0.1) is 26.3 Å². The first-order valence-electron chi connectivity index (χ1n) is 21.3. The van der Waals surface area contributed by atoms with E-state index in [2.05, 4.69) is 97.3 Å². The molecule has 0 saturated heterocycles. The quantitative estimate of drug-likeness (QED) is 0.114. The Morgan fingerprint density at radius 3 is 1.92 bits per heavy atom. The zero-order chi connectivity index (χ0) is 42.3. The third-order valence-electron chi connectivity index (χ3n) is 12.3. The molecule has 6 aromatic rings. The first-order chi connectivity index (χ1) is 29.8. The smallest absolute Gasteiger partial charge is 0.407 e. The average Bonchev–Trinajstić information content (AvgIpc) is 3.62. The Balaban J connectivity index is 0.958. The molecule has 1 saturated carbocycles. The van der Waals surface area contributed by atoms with Crippen molar-refractivity contribution in [1.29, 1.82) is 0 Å². The van der Waals surface area contributed by atoms with E-state index in [0.29, 0.717) is 28.7 Å². The van der Waals surface area contributed by atoms with Crippen molar-refractivity contribution in [2.75, 3.05) is 27.4 Å². The monoisotopic (exact) mass is 814 g/mol. The van der Waals surface area contributed by atoms with E-state index in [0.717, 1.165) is 50.4 Å². The van der Waals surface area contributed by atoms with E-state index in [-0.39, 0.29) is 31.1 Å². The molecule has 0 spiro atoms. The lowest BCUT2D eigenvalue weighted by molar-refractivity contribution is -0.123. The molecule has 6 aromatic carbocycles. The second-order valence-electron chi connectivity index (χ2n) is 16.4. The molecule has 4 unspecified atom stereocenters. The fraction of sp³-hybridized carbons (Fsp3) is 0.283. The van der Waals surface area contributed by atoms with E-state index in [1.165, 1.54) is 31.2 Å². The summed E-state index contributed by atoms with van der Waals surface area (Å²) >= 11 is 0. The van der Waals surface area contributed by atoms with E-state index >= 15 is 0 Å². The van der Waals surface area contributed by atoms with Crippen LogP contribution in [0.1, 0.15) is 101 Å². The molecule has 0 aliphatic heterocycles. The number of aryl methyl sites for hydroxylation is 1. The van der Waals surface area contributed by atoms with Gasteiger partial charge in [0.15, 0.2) is 6.61 Å². The summed E-state index contributed by atoms with van der Waals surface area (Å²) in [6, 6.07) is 45.4. The number of benzene rings is 6. The highest BCUT2D eigenvalue weighted by Crippen LogP contribution is 2.45. The third-order valence-corrected chi connectivity index (χ3v) is 12.3. The standard InChI is InChI=1S/C53H54N2O6/c1-34-16-18-37(19-17-34)51(38-22-20-36(21-23-38)40-11-9-10-35(2)30-40)54-50(56)33-60-41-26-24-39(25-27-41)52(47-29-28-42(58-3)31-49(47)59-4)55-53(57)61-32-48-45-14-7-5-12-43(45)44-13-6-8-15-46(44)48/h5-8,12-29,31,35,40,48,51-52H,9-11,30,32-33H2,1-4H3,(H,54,56)(H,55,57). The number of nitrogens with one attached hydrogen (secondary N) is 2. The van der Waals surface area contributed by atoms with E-state index in [1.807, 2.05) is 48.5 Å². The van der Waals surface area contributed by atoms with E-state index in [9.17, 15) is 9.59 Å². The van der Waals surface area contributed by atoms with Crippen LogP contribution in [0.4, 0.5) is 4.79 Å². The number of amides is 2. The minimum atomic E-state index is -0.642. The maximum absolute atomic E-state index is 13.7. The Bertz CT molecular complexity index is 2400. The summed E-state index contributed by atoms with van der Waals surface area (Å²) in [6.07, 6.45) is 4.47. The number of alkyl carbamates (subject to hydrolysis) is 1. The highest BCUT2D eigenvalue weighted by molar-refractivity contribution is 5.80. The zero-order valence-electron chi connectivity index (χ0n) is 35.4. The van der Waals surface area contributed by atoms with Crippen molar-refractivity contribution in [2.24, 2.45) is 5.92 Å². The molecule has 1 fully saturated rings. The molecule has 2 aliphatic rings. The Morgan fingerprint density at radius 1 is 0.672 bits per heavy atom. The van der Waals surface area contributed by atoms with Crippen LogP contribution < -0.4 is 24.8 Å². The van der Waals surface area contributed by atoms with Gasteiger partial charge in [-0.1, -0.05) is 135 Å². The summed E-state index contributed by atoms with van der Waals surface area (Å²) in [5.41, 5.74) is 10.6. The van der Waals surface area contributed by atoms with Gasteiger partial charge in [0.2, 0.25) is 0 Å². The van der Waals surface area contributed by atoms with Gasteiger partial charge >= 0.3 is 6.09 Å². The van der Waals surface area contributed by atoms with Gasteiger partial charge < -0.3 is 29.6 Å². The van der Waals surface area contributed by atoms with Crippen molar-refractivity contribution in [3.05, 3.63) is 184 Å². The average molecular weight is 815 g/mol. The number of rotatable bonds is 14. The normalized spacial score (nSPS) is 16.7. The molecule has 0 aromatic heterocycles. The Kier molecular flexibility index (Phi) is 12.7. The largest absolute Gasteiger partial charge is 0.497 e. The Morgan fingerprint density at radius 2 is 1.28 bits per heavy atom. The van der Waals surface area contributed by atoms with Crippen molar-refractivity contribution >= 4 is 12.0 Å². The number of fused-ring (bicyclic) bond motifs is 3. The summed E-state index contributed by atoms with van der Waals surface area (Å²) in [5, 5.41) is 6.33. The fourth-order valence-electron chi connectivity index (χ4n) is 9.08. The number of hydrogen-bond acceptors (Lipinski definition) is 6. The molecule has 0 heterocycles. The SMILES string of the molecule is COc1ccc(C(NC(=O)OCC2c3ccccc3-c3ccccc32)c2ccc(OCC(=O)NC(c3ccc(C)cc3)c3ccc(C4CCCC(C)C4)cc3)cc2)c(OC)c1. The molecular weight excluding hydrogens is 761 g/mol. The molecule has 0 bridgehead atoms. The molecular formula is C53H54N2O6. The Labute approximate surface area is 359 Å². The molecule has 61 heavy (non-hydrogen) atoms. The van der Waals surface area contributed by atoms with Crippen LogP contribution in [0.5, 0.6) is 17.2 Å². The van der Waals surface area contributed by atoms with Gasteiger partial charge in [-0.3, -0.25) is 4.79 Å². The fourth-order valence-corrected chi connectivity index (χ4v) is 9.08. The first-order valence-corrected chi connectivity index (χ1v) is 21.3. The number of carbonyl (C=O) groups is 2. The van der Waals surface area contributed by atoms with Crippen LogP contribution in [0.25, 0.3) is 11.1 Å². The van der Waals surface area contributed by atoms with Crippen LogP contribution in [-0.2, 0) is 9.53 Å². The van der Waals surface area contributed by atoms with Crippen LogP contribution in [0.15, 0.2) is 140 Å².